The van der Waals surface area contributed by atoms with Crippen LogP contribution in [0.4, 0.5) is 5.69 Å². The maximum absolute atomic E-state index is 12.2. The number of halogens is 1. The average molecular weight is 392 g/mol. The smallest absolute Gasteiger partial charge is 0.248 e. The van der Waals surface area contributed by atoms with Crippen molar-refractivity contribution in [3.8, 4) is 17.2 Å². The number of amides is 1. The van der Waals surface area contributed by atoms with Crippen LogP contribution in [0.1, 0.15) is 5.56 Å². The van der Waals surface area contributed by atoms with Gasteiger partial charge < -0.3 is 19.5 Å². The molecular weight excluding hydrogens is 374 g/mol. The molecule has 0 bridgehead atoms. The molecule has 0 radical (unpaired) electrons. The van der Waals surface area contributed by atoms with E-state index in [4.69, 9.17) is 14.2 Å². The average Bonchev–Trinajstić information content (AvgIpc) is 2.60. The molecular formula is C18H18BrNO4. The van der Waals surface area contributed by atoms with Crippen molar-refractivity contribution < 1.29 is 19.0 Å². The third-order valence-corrected chi connectivity index (χ3v) is 3.77. The van der Waals surface area contributed by atoms with Gasteiger partial charge in [0.15, 0.2) is 0 Å². The number of ether oxygens (including phenoxy) is 3. The number of carbonyl (C=O) groups is 1. The van der Waals surface area contributed by atoms with Crippen LogP contribution in [0.25, 0.3) is 6.08 Å². The first-order chi connectivity index (χ1) is 11.6. The molecule has 0 spiro atoms. The Bertz CT molecular complexity index is 759. The first kappa shape index (κ1) is 17.9. The molecule has 0 fully saturated rings. The second-order valence-corrected chi connectivity index (χ2v) is 5.69. The minimum absolute atomic E-state index is 0.277. The van der Waals surface area contributed by atoms with E-state index in [2.05, 4.69) is 21.2 Å². The highest BCUT2D eigenvalue weighted by molar-refractivity contribution is 9.10. The summed E-state index contributed by atoms with van der Waals surface area (Å²) < 4.78 is 16.6. The monoisotopic (exact) mass is 391 g/mol. The van der Waals surface area contributed by atoms with Crippen LogP contribution < -0.4 is 19.5 Å². The van der Waals surface area contributed by atoms with E-state index in [1.54, 1.807) is 38.5 Å². The second kappa shape index (κ2) is 8.40. The molecule has 0 aliphatic heterocycles. The van der Waals surface area contributed by atoms with E-state index in [0.29, 0.717) is 22.9 Å². The van der Waals surface area contributed by atoms with Gasteiger partial charge in [-0.3, -0.25) is 4.79 Å². The molecule has 2 aromatic carbocycles. The summed E-state index contributed by atoms with van der Waals surface area (Å²) >= 11 is 3.40. The van der Waals surface area contributed by atoms with Crippen molar-refractivity contribution in [3.63, 3.8) is 0 Å². The van der Waals surface area contributed by atoms with E-state index in [9.17, 15) is 4.79 Å². The van der Waals surface area contributed by atoms with E-state index < -0.39 is 0 Å². The Balaban J connectivity index is 2.15. The molecule has 24 heavy (non-hydrogen) atoms. The van der Waals surface area contributed by atoms with Crippen molar-refractivity contribution in [2.24, 2.45) is 0 Å². The summed E-state index contributed by atoms with van der Waals surface area (Å²) in [5.74, 6) is 1.58. The van der Waals surface area contributed by atoms with Crippen LogP contribution >= 0.6 is 15.9 Å². The Morgan fingerprint density at radius 1 is 1.00 bits per heavy atom. The van der Waals surface area contributed by atoms with Gasteiger partial charge in [0.05, 0.1) is 27.0 Å². The molecule has 0 aromatic heterocycles. The molecule has 0 aliphatic carbocycles. The lowest BCUT2D eigenvalue weighted by Gasteiger charge is -2.10. The molecule has 0 aliphatic rings. The van der Waals surface area contributed by atoms with Gasteiger partial charge in [0.2, 0.25) is 5.91 Å². The summed E-state index contributed by atoms with van der Waals surface area (Å²) in [6, 6.07) is 10.8. The van der Waals surface area contributed by atoms with E-state index >= 15 is 0 Å². The Kier molecular flexibility index (Phi) is 6.26. The van der Waals surface area contributed by atoms with Gasteiger partial charge >= 0.3 is 0 Å². The topological polar surface area (TPSA) is 56.8 Å². The van der Waals surface area contributed by atoms with Crippen molar-refractivity contribution in [2.45, 2.75) is 0 Å². The molecule has 0 saturated carbocycles. The van der Waals surface area contributed by atoms with Crippen LogP contribution in [0.15, 0.2) is 46.9 Å². The summed E-state index contributed by atoms with van der Waals surface area (Å²) in [4.78, 5) is 12.2. The van der Waals surface area contributed by atoms with Crippen molar-refractivity contribution in [2.75, 3.05) is 26.6 Å². The maximum Gasteiger partial charge on any atom is 0.248 e. The molecule has 0 atom stereocenters. The predicted octanol–water partition coefficient (Wildman–Crippen LogP) is 4.13. The fourth-order valence-electron chi connectivity index (χ4n) is 2.08. The summed E-state index contributed by atoms with van der Waals surface area (Å²) in [5, 5.41) is 2.78. The zero-order valence-corrected chi connectivity index (χ0v) is 15.2. The summed E-state index contributed by atoms with van der Waals surface area (Å²) in [5.41, 5.74) is 1.36. The van der Waals surface area contributed by atoms with Gasteiger partial charge in [-0.2, -0.15) is 0 Å². The van der Waals surface area contributed by atoms with Crippen LogP contribution in [-0.2, 0) is 4.79 Å². The standard InChI is InChI=1S/C18H18BrNO4/c1-22-14-6-7-15(17(11-14)24-3)20-18(21)9-4-12-10-13(19)5-8-16(12)23-2/h4-11H,1-3H3,(H,20,21)/b9-4+. The fourth-order valence-corrected chi connectivity index (χ4v) is 2.46. The number of hydrogen-bond donors (Lipinski definition) is 1. The summed E-state index contributed by atoms with van der Waals surface area (Å²) in [6.45, 7) is 0. The van der Waals surface area contributed by atoms with Gasteiger partial charge in [0.25, 0.3) is 0 Å². The Morgan fingerprint density at radius 3 is 2.42 bits per heavy atom. The molecule has 2 aromatic rings. The Hall–Kier alpha value is -2.47. The molecule has 2 rings (SSSR count). The quantitative estimate of drug-likeness (QED) is 0.752. The van der Waals surface area contributed by atoms with E-state index in [1.807, 2.05) is 18.2 Å². The molecule has 0 saturated heterocycles. The van der Waals surface area contributed by atoms with Gasteiger partial charge in [0.1, 0.15) is 17.2 Å². The molecule has 0 heterocycles. The second-order valence-electron chi connectivity index (χ2n) is 4.78. The van der Waals surface area contributed by atoms with Gasteiger partial charge in [-0.25, -0.2) is 0 Å². The molecule has 126 valence electrons. The summed E-state index contributed by atoms with van der Waals surface area (Å²) in [6.07, 6.45) is 3.13. The molecule has 1 N–H and O–H groups in total. The summed E-state index contributed by atoms with van der Waals surface area (Å²) in [7, 11) is 4.69. The van der Waals surface area contributed by atoms with Crippen molar-refractivity contribution in [1.29, 1.82) is 0 Å². The lowest BCUT2D eigenvalue weighted by atomic mass is 10.2. The first-order valence-electron chi connectivity index (χ1n) is 7.12. The number of carbonyl (C=O) groups excluding carboxylic acids is 1. The third kappa shape index (κ3) is 4.52. The highest BCUT2D eigenvalue weighted by Crippen LogP contribution is 2.29. The van der Waals surface area contributed by atoms with Gasteiger partial charge in [-0.05, 0) is 36.4 Å². The van der Waals surface area contributed by atoms with Crippen molar-refractivity contribution >= 4 is 33.6 Å². The highest BCUT2D eigenvalue weighted by Gasteiger charge is 2.07. The number of rotatable bonds is 6. The lowest BCUT2D eigenvalue weighted by Crippen LogP contribution is -2.09. The van der Waals surface area contributed by atoms with Gasteiger partial charge in [-0.15, -0.1) is 0 Å². The van der Waals surface area contributed by atoms with E-state index in [1.165, 1.54) is 13.2 Å². The van der Waals surface area contributed by atoms with Crippen LogP contribution in [-0.4, -0.2) is 27.2 Å². The number of benzene rings is 2. The highest BCUT2D eigenvalue weighted by atomic mass is 79.9. The molecule has 1 amide bonds. The number of nitrogens with one attached hydrogen (secondary N) is 1. The normalized spacial score (nSPS) is 10.5. The Labute approximate surface area is 149 Å². The third-order valence-electron chi connectivity index (χ3n) is 3.27. The zero-order chi connectivity index (χ0) is 17.5. The minimum atomic E-state index is -0.277. The van der Waals surface area contributed by atoms with E-state index in [-0.39, 0.29) is 5.91 Å². The van der Waals surface area contributed by atoms with Crippen LogP contribution in [0.5, 0.6) is 17.2 Å². The minimum Gasteiger partial charge on any atom is -0.497 e. The Morgan fingerprint density at radius 2 is 1.75 bits per heavy atom. The molecule has 6 heteroatoms. The molecule has 5 nitrogen and oxygen atoms in total. The fraction of sp³-hybridized carbons (Fsp3) is 0.167. The zero-order valence-electron chi connectivity index (χ0n) is 13.6. The largest absolute Gasteiger partial charge is 0.497 e. The van der Waals surface area contributed by atoms with Crippen LogP contribution in [0.3, 0.4) is 0 Å². The van der Waals surface area contributed by atoms with Crippen molar-refractivity contribution in [3.05, 3.63) is 52.5 Å². The number of hydrogen-bond acceptors (Lipinski definition) is 4. The molecule has 0 unspecified atom stereocenters. The SMILES string of the molecule is COc1ccc(NC(=O)/C=C/c2cc(Br)ccc2OC)c(OC)c1. The van der Waals surface area contributed by atoms with E-state index in [0.717, 1.165) is 10.0 Å². The maximum atomic E-state index is 12.2. The number of methoxy groups -OCH3 is 3. The van der Waals surface area contributed by atoms with Crippen LogP contribution in [0.2, 0.25) is 0 Å². The number of anilines is 1. The first-order valence-corrected chi connectivity index (χ1v) is 7.91. The lowest BCUT2D eigenvalue weighted by molar-refractivity contribution is -0.111. The van der Waals surface area contributed by atoms with Gasteiger partial charge in [0, 0.05) is 22.2 Å². The van der Waals surface area contributed by atoms with Crippen LogP contribution in [0, 0.1) is 0 Å². The van der Waals surface area contributed by atoms with Gasteiger partial charge in [-0.1, -0.05) is 15.9 Å². The van der Waals surface area contributed by atoms with Crippen molar-refractivity contribution in [1.82, 2.24) is 0 Å². The predicted molar refractivity (Wildman–Crippen MR) is 97.9 cm³/mol.